The van der Waals surface area contributed by atoms with Gasteiger partial charge in [0.15, 0.2) is 0 Å². The molecule has 2 N–H and O–H groups in total. The summed E-state index contributed by atoms with van der Waals surface area (Å²) in [4.78, 5) is 11.4. The predicted molar refractivity (Wildman–Crippen MR) is 67.0 cm³/mol. The fraction of sp³-hybridized carbons (Fsp3) is 0.909. The van der Waals surface area contributed by atoms with Gasteiger partial charge in [-0.3, -0.25) is 4.79 Å². The van der Waals surface area contributed by atoms with E-state index in [0.29, 0.717) is 25.6 Å². The van der Waals surface area contributed by atoms with E-state index in [-0.39, 0.29) is 24.4 Å². The van der Waals surface area contributed by atoms with Gasteiger partial charge in [-0.1, -0.05) is 0 Å². The van der Waals surface area contributed by atoms with Gasteiger partial charge in [-0.05, 0) is 33.2 Å². The van der Waals surface area contributed by atoms with Crippen LogP contribution in [0.25, 0.3) is 0 Å². The monoisotopic (exact) mass is 250 g/mol. The fourth-order valence-electron chi connectivity index (χ4n) is 1.71. The van der Waals surface area contributed by atoms with Gasteiger partial charge >= 0.3 is 0 Å². The third kappa shape index (κ3) is 7.04. The lowest BCUT2D eigenvalue weighted by molar-refractivity contribution is -0.121. The average Bonchev–Trinajstić information content (AvgIpc) is 2.64. The maximum atomic E-state index is 11.4. The Bertz CT molecular complexity index is 194. The number of carbonyl (C=O) groups excluding carboxylic acids is 1. The van der Waals surface area contributed by atoms with Crippen LogP contribution in [0, 0.1) is 0 Å². The summed E-state index contributed by atoms with van der Waals surface area (Å²) in [7, 11) is 0. The van der Waals surface area contributed by atoms with Crippen LogP contribution in [0.4, 0.5) is 0 Å². The summed E-state index contributed by atoms with van der Waals surface area (Å²) >= 11 is 0. The van der Waals surface area contributed by atoms with E-state index < -0.39 is 0 Å². The molecule has 5 heteroatoms. The molecule has 1 fully saturated rings. The molecule has 1 rings (SSSR count). The molecule has 0 bridgehead atoms. The Balaban J connectivity index is 0.00000225. The number of rotatable bonds is 6. The molecule has 1 amide bonds. The quantitative estimate of drug-likeness (QED) is 0.694. The Kier molecular flexibility index (Phi) is 8.61. The highest BCUT2D eigenvalue weighted by molar-refractivity contribution is 5.85. The second-order valence-corrected chi connectivity index (χ2v) is 4.27. The highest BCUT2D eigenvalue weighted by Gasteiger charge is 2.16. The van der Waals surface area contributed by atoms with Crippen molar-refractivity contribution in [2.45, 2.75) is 45.3 Å². The molecule has 1 saturated heterocycles. The van der Waals surface area contributed by atoms with Crippen LogP contribution in [0.5, 0.6) is 0 Å². The topological polar surface area (TPSA) is 50.4 Å². The Morgan fingerprint density at radius 3 is 2.88 bits per heavy atom. The molecule has 1 atom stereocenters. The summed E-state index contributed by atoms with van der Waals surface area (Å²) < 4.78 is 5.33. The Hall–Kier alpha value is -0.320. The molecule has 1 heterocycles. The lowest BCUT2D eigenvalue weighted by Crippen LogP contribution is -2.33. The normalized spacial score (nSPS) is 19.6. The van der Waals surface area contributed by atoms with E-state index >= 15 is 0 Å². The zero-order valence-electron chi connectivity index (χ0n) is 10.1. The second-order valence-electron chi connectivity index (χ2n) is 4.27. The molecule has 0 aromatic rings. The minimum atomic E-state index is 0. The van der Waals surface area contributed by atoms with E-state index in [1.807, 2.05) is 13.8 Å². The highest BCUT2D eigenvalue weighted by atomic mass is 35.5. The van der Waals surface area contributed by atoms with Gasteiger partial charge in [0.2, 0.25) is 5.91 Å². The van der Waals surface area contributed by atoms with Crippen molar-refractivity contribution in [1.29, 1.82) is 0 Å². The van der Waals surface area contributed by atoms with Crippen LogP contribution >= 0.6 is 12.4 Å². The van der Waals surface area contributed by atoms with E-state index in [9.17, 15) is 4.79 Å². The summed E-state index contributed by atoms with van der Waals surface area (Å²) in [6.07, 6.45) is 3.14. The minimum Gasteiger partial charge on any atom is -0.377 e. The second kappa shape index (κ2) is 8.79. The average molecular weight is 251 g/mol. The van der Waals surface area contributed by atoms with Crippen LogP contribution < -0.4 is 10.6 Å². The first kappa shape index (κ1) is 15.7. The molecule has 0 aliphatic carbocycles. The van der Waals surface area contributed by atoms with Gasteiger partial charge in [-0.15, -0.1) is 12.4 Å². The molecule has 1 unspecified atom stereocenters. The number of nitrogens with one attached hydrogen (secondary N) is 2. The maximum absolute atomic E-state index is 11.4. The summed E-state index contributed by atoms with van der Waals surface area (Å²) in [5.74, 6) is 0.127. The first-order valence-corrected chi connectivity index (χ1v) is 5.80. The van der Waals surface area contributed by atoms with Crippen LogP contribution in [0.2, 0.25) is 0 Å². The molecule has 0 radical (unpaired) electrons. The molecule has 0 spiro atoms. The van der Waals surface area contributed by atoms with E-state index in [4.69, 9.17) is 4.74 Å². The van der Waals surface area contributed by atoms with Crippen molar-refractivity contribution in [1.82, 2.24) is 10.6 Å². The summed E-state index contributed by atoms with van der Waals surface area (Å²) in [5.41, 5.74) is 0. The van der Waals surface area contributed by atoms with Crippen molar-refractivity contribution in [2.75, 3.05) is 19.7 Å². The fourth-order valence-corrected chi connectivity index (χ4v) is 1.71. The third-order valence-corrected chi connectivity index (χ3v) is 2.47. The highest BCUT2D eigenvalue weighted by Crippen LogP contribution is 2.07. The first-order valence-electron chi connectivity index (χ1n) is 5.80. The van der Waals surface area contributed by atoms with Crippen molar-refractivity contribution in [2.24, 2.45) is 0 Å². The zero-order valence-corrected chi connectivity index (χ0v) is 10.9. The first-order chi connectivity index (χ1) is 7.18. The maximum Gasteiger partial charge on any atom is 0.221 e. The SMILES string of the molecule is CC(C)OCCNC(=O)CC1CCCN1.Cl. The van der Waals surface area contributed by atoms with Gasteiger partial charge in [0, 0.05) is 19.0 Å². The largest absolute Gasteiger partial charge is 0.377 e. The number of hydrogen-bond donors (Lipinski definition) is 2. The molecule has 0 saturated carbocycles. The molecule has 1 aliphatic rings. The van der Waals surface area contributed by atoms with E-state index in [0.717, 1.165) is 13.0 Å². The standard InChI is InChI=1S/C11H22N2O2.ClH/c1-9(2)15-7-6-13-11(14)8-10-4-3-5-12-10;/h9-10,12H,3-8H2,1-2H3,(H,13,14);1H. The third-order valence-electron chi connectivity index (χ3n) is 2.47. The van der Waals surface area contributed by atoms with Crippen LogP contribution in [0.1, 0.15) is 33.1 Å². The van der Waals surface area contributed by atoms with Gasteiger partial charge in [-0.25, -0.2) is 0 Å². The summed E-state index contributed by atoms with van der Waals surface area (Å²) in [6.45, 7) is 6.24. The van der Waals surface area contributed by atoms with E-state index in [1.165, 1.54) is 6.42 Å². The molecular formula is C11H23ClN2O2. The van der Waals surface area contributed by atoms with Crippen LogP contribution in [0.15, 0.2) is 0 Å². The molecule has 1 aliphatic heterocycles. The van der Waals surface area contributed by atoms with Gasteiger partial charge in [0.25, 0.3) is 0 Å². The summed E-state index contributed by atoms with van der Waals surface area (Å²) in [6, 6.07) is 0.385. The number of amides is 1. The summed E-state index contributed by atoms with van der Waals surface area (Å²) in [5, 5.41) is 6.17. The number of halogens is 1. The molecule has 0 aromatic heterocycles. The van der Waals surface area contributed by atoms with Crippen molar-refractivity contribution < 1.29 is 9.53 Å². The van der Waals surface area contributed by atoms with Crippen molar-refractivity contribution >= 4 is 18.3 Å². The lowest BCUT2D eigenvalue weighted by Gasteiger charge is -2.11. The zero-order chi connectivity index (χ0) is 11.1. The number of carbonyl (C=O) groups is 1. The molecule has 96 valence electrons. The lowest BCUT2D eigenvalue weighted by atomic mass is 10.1. The minimum absolute atomic E-state index is 0. The molecule has 16 heavy (non-hydrogen) atoms. The van der Waals surface area contributed by atoms with E-state index in [1.54, 1.807) is 0 Å². The molecular weight excluding hydrogens is 228 g/mol. The van der Waals surface area contributed by atoms with Gasteiger partial charge in [0.1, 0.15) is 0 Å². The van der Waals surface area contributed by atoms with Crippen molar-refractivity contribution in [3.63, 3.8) is 0 Å². The predicted octanol–water partition coefficient (Wildman–Crippen LogP) is 1.09. The van der Waals surface area contributed by atoms with Gasteiger partial charge in [-0.2, -0.15) is 0 Å². The van der Waals surface area contributed by atoms with Crippen LogP contribution in [-0.4, -0.2) is 37.7 Å². The van der Waals surface area contributed by atoms with Crippen molar-refractivity contribution in [3.8, 4) is 0 Å². The smallest absolute Gasteiger partial charge is 0.221 e. The van der Waals surface area contributed by atoms with Gasteiger partial charge in [0.05, 0.1) is 12.7 Å². The Morgan fingerprint density at radius 1 is 1.56 bits per heavy atom. The number of ether oxygens (including phenoxy) is 1. The Morgan fingerprint density at radius 2 is 2.31 bits per heavy atom. The van der Waals surface area contributed by atoms with E-state index in [2.05, 4.69) is 10.6 Å². The Labute approximate surface area is 104 Å². The number of hydrogen-bond acceptors (Lipinski definition) is 3. The molecule has 0 aromatic carbocycles. The van der Waals surface area contributed by atoms with Gasteiger partial charge < -0.3 is 15.4 Å². The van der Waals surface area contributed by atoms with Crippen LogP contribution in [-0.2, 0) is 9.53 Å². The molecule has 4 nitrogen and oxygen atoms in total. The van der Waals surface area contributed by atoms with Crippen LogP contribution in [0.3, 0.4) is 0 Å². The van der Waals surface area contributed by atoms with Crippen molar-refractivity contribution in [3.05, 3.63) is 0 Å².